The molecule has 0 saturated carbocycles. The molecule has 27 heavy (non-hydrogen) atoms. The van der Waals surface area contributed by atoms with Crippen LogP contribution in [-0.4, -0.2) is 29.4 Å². The summed E-state index contributed by atoms with van der Waals surface area (Å²) in [6, 6.07) is 10.5. The minimum atomic E-state index is -3.55. The molecule has 1 aliphatic rings. The zero-order valence-corrected chi connectivity index (χ0v) is 16.8. The topological polar surface area (TPSA) is 102 Å². The molecule has 1 fully saturated rings. The Morgan fingerprint density at radius 3 is 2.70 bits per heavy atom. The third-order valence-corrected chi connectivity index (χ3v) is 7.72. The molecule has 2 N–H and O–H groups in total. The summed E-state index contributed by atoms with van der Waals surface area (Å²) in [5.74, 6) is 0.782. The van der Waals surface area contributed by atoms with Crippen LogP contribution in [0.3, 0.4) is 0 Å². The van der Waals surface area contributed by atoms with Crippen molar-refractivity contribution in [2.75, 3.05) is 6.54 Å². The third-order valence-electron chi connectivity index (χ3n) is 4.44. The summed E-state index contributed by atoms with van der Waals surface area (Å²) in [5.41, 5.74) is 7.43. The van der Waals surface area contributed by atoms with Gasteiger partial charge in [-0.1, -0.05) is 35.5 Å². The number of aromatic nitrogens is 2. The van der Waals surface area contributed by atoms with Crippen molar-refractivity contribution < 1.29 is 12.9 Å². The first-order chi connectivity index (χ1) is 12.6. The van der Waals surface area contributed by atoms with Crippen LogP contribution >= 0.6 is 23.7 Å². The fourth-order valence-corrected chi connectivity index (χ4v) is 5.85. The van der Waals surface area contributed by atoms with Gasteiger partial charge in [0.15, 0.2) is 0 Å². The molecule has 0 bridgehead atoms. The smallest absolute Gasteiger partial charge is 0.253 e. The molecule has 4 rings (SSSR count). The summed E-state index contributed by atoms with van der Waals surface area (Å²) in [4.78, 5) is 4.45. The molecular formula is C17H19ClN4O3S2. The molecule has 2 aromatic heterocycles. The minimum Gasteiger partial charge on any atom is -0.337 e. The second-order valence-electron chi connectivity index (χ2n) is 6.06. The van der Waals surface area contributed by atoms with E-state index in [9.17, 15) is 8.42 Å². The van der Waals surface area contributed by atoms with Gasteiger partial charge < -0.3 is 10.3 Å². The van der Waals surface area contributed by atoms with Crippen LogP contribution in [0, 0.1) is 0 Å². The SMILES string of the molecule is Cl.NCc1ccc(-c2noc(C3CCCN3S(=O)(=O)c3cccs3)n2)cc1. The maximum Gasteiger partial charge on any atom is 0.253 e. The number of hydrogen-bond donors (Lipinski definition) is 1. The molecule has 0 amide bonds. The molecule has 0 radical (unpaired) electrons. The zero-order valence-electron chi connectivity index (χ0n) is 14.3. The first-order valence-corrected chi connectivity index (χ1v) is 10.6. The Morgan fingerprint density at radius 1 is 1.26 bits per heavy atom. The van der Waals surface area contributed by atoms with E-state index in [2.05, 4.69) is 10.1 Å². The number of sulfonamides is 1. The fourth-order valence-electron chi connectivity index (χ4n) is 3.08. The minimum absolute atomic E-state index is 0. The Bertz CT molecular complexity index is 988. The van der Waals surface area contributed by atoms with Gasteiger partial charge in [0, 0.05) is 18.7 Å². The zero-order chi connectivity index (χ0) is 18.1. The van der Waals surface area contributed by atoms with Gasteiger partial charge in [0.2, 0.25) is 11.7 Å². The molecule has 7 nitrogen and oxygen atoms in total. The van der Waals surface area contributed by atoms with Gasteiger partial charge in [-0.3, -0.25) is 0 Å². The molecule has 1 saturated heterocycles. The summed E-state index contributed by atoms with van der Waals surface area (Å²) >= 11 is 1.21. The van der Waals surface area contributed by atoms with Crippen LogP contribution in [0.4, 0.5) is 0 Å². The average molecular weight is 427 g/mol. The first kappa shape index (κ1) is 20.0. The molecular weight excluding hydrogens is 408 g/mol. The predicted molar refractivity (Wildman–Crippen MR) is 105 cm³/mol. The van der Waals surface area contributed by atoms with Crippen molar-refractivity contribution in [2.45, 2.75) is 29.6 Å². The summed E-state index contributed by atoms with van der Waals surface area (Å²) in [6.07, 6.45) is 1.43. The van der Waals surface area contributed by atoms with Crippen molar-refractivity contribution in [3.05, 3.63) is 53.2 Å². The monoisotopic (exact) mass is 426 g/mol. The van der Waals surface area contributed by atoms with Gasteiger partial charge in [0.25, 0.3) is 10.0 Å². The molecule has 10 heteroatoms. The van der Waals surface area contributed by atoms with Crippen molar-refractivity contribution in [3.63, 3.8) is 0 Å². The lowest BCUT2D eigenvalue weighted by Crippen LogP contribution is -2.30. The average Bonchev–Trinajstić information content (AvgIpc) is 3.42. The van der Waals surface area contributed by atoms with Gasteiger partial charge in [0.05, 0.1) is 0 Å². The van der Waals surface area contributed by atoms with Gasteiger partial charge >= 0.3 is 0 Å². The van der Waals surface area contributed by atoms with Crippen LogP contribution in [0.5, 0.6) is 0 Å². The number of thiophene rings is 1. The second-order valence-corrected chi connectivity index (χ2v) is 9.13. The van der Waals surface area contributed by atoms with Gasteiger partial charge in [-0.15, -0.1) is 23.7 Å². The van der Waals surface area contributed by atoms with E-state index < -0.39 is 16.1 Å². The number of halogens is 1. The van der Waals surface area contributed by atoms with Crippen molar-refractivity contribution in [2.24, 2.45) is 5.73 Å². The van der Waals surface area contributed by atoms with E-state index in [1.165, 1.54) is 15.6 Å². The molecule has 144 valence electrons. The summed E-state index contributed by atoms with van der Waals surface area (Å²) in [5, 5.41) is 5.79. The van der Waals surface area contributed by atoms with Crippen LogP contribution in [0.2, 0.25) is 0 Å². The van der Waals surface area contributed by atoms with Gasteiger partial charge in [-0.25, -0.2) is 8.42 Å². The summed E-state index contributed by atoms with van der Waals surface area (Å²) in [7, 11) is -3.55. The lowest BCUT2D eigenvalue weighted by atomic mass is 10.1. The normalized spacial score (nSPS) is 17.7. The fraction of sp³-hybridized carbons (Fsp3) is 0.294. The van der Waals surface area contributed by atoms with Gasteiger partial charge in [-0.05, 0) is 29.9 Å². The lowest BCUT2D eigenvalue weighted by molar-refractivity contribution is 0.291. The largest absolute Gasteiger partial charge is 0.337 e. The van der Waals surface area contributed by atoms with E-state index in [4.69, 9.17) is 10.3 Å². The maximum absolute atomic E-state index is 12.9. The number of nitrogens with zero attached hydrogens (tertiary/aromatic N) is 3. The van der Waals surface area contributed by atoms with Gasteiger partial charge in [0.1, 0.15) is 10.3 Å². The maximum atomic E-state index is 12.9. The van der Waals surface area contributed by atoms with Crippen LogP contribution < -0.4 is 5.73 Å². The standard InChI is InChI=1S/C17H18N4O3S2.ClH/c18-11-12-5-7-13(8-6-12)16-19-17(24-20-16)14-3-1-9-21(14)26(22,23)15-4-2-10-25-15;/h2,4-8,10,14H,1,3,9,11,18H2;1H. The lowest BCUT2D eigenvalue weighted by Gasteiger charge is -2.20. The number of hydrogen-bond acceptors (Lipinski definition) is 7. The third kappa shape index (κ3) is 3.78. The highest BCUT2D eigenvalue weighted by atomic mass is 35.5. The highest BCUT2D eigenvalue weighted by molar-refractivity contribution is 7.91. The van der Waals surface area contributed by atoms with Crippen molar-refractivity contribution >= 4 is 33.8 Å². The Labute approximate surface area is 167 Å². The Hall–Kier alpha value is -1.78. The van der Waals surface area contributed by atoms with E-state index in [0.29, 0.717) is 35.4 Å². The predicted octanol–water partition coefficient (Wildman–Crippen LogP) is 3.20. The van der Waals surface area contributed by atoms with Crippen molar-refractivity contribution in [1.82, 2.24) is 14.4 Å². The molecule has 1 aliphatic heterocycles. The number of benzene rings is 1. The number of nitrogens with two attached hydrogens (primary N) is 1. The van der Waals surface area contributed by atoms with Crippen LogP contribution in [0.1, 0.15) is 30.3 Å². The molecule has 1 aromatic carbocycles. The van der Waals surface area contributed by atoms with Crippen molar-refractivity contribution in [3.8, 4) is 11.4 Å². The quantitative estimate of drug-likeness (QED) is 0.672. The first-order valence-electron chi connectivity index (χ1n) is 8.28. The molecule has 0 spiro atoms. The van der Waals surface area contributed by atoms with Crippen molar-refractivity contribution in [1.29, 1.82) is 0 Å². The second kappa shape index (κ2) is 8.07. The summed E-state index contributed by atoms with van der Waals surface area (Å²) in [6.45, 7) is 0.920. The number of rotatable bonds is 5. The molecule has 3 aromatic rings. The highest BCUT2D eigenvalue weighted by Crippen LogP contribution is 2.37. The van der Waals surface area contributed by atoms with Crippen LogP contribution in [0.15, 0.2) is 50.5 Å². The Kier molecular flexibility index (Phi) is 5.97. The molecule has 1 atom stereocenters. The highest BCUT2D eigenvalue weighted by Gasteiger charge is 2.39. The van der Waals surface area contributed by atoms with E-state index in [0.717, 1.165) is 17.5 Å². The molecule has 3 heterocycles. The van der Waals surface area contributed by atoms with E-state index in [1.54, 1.807) is 17.5 Å². The van der Waals surface area contributed by atoms with E-state index in [-0.39, 0.29) is 12.4 Å². The van der Waals surface area contributed by atoms with E-state index >= 15 is 0 Å². The van der Waals surface area contributed by atoms with Gasteiger partial charge in [-0.2, -0.15) is 9.29 Å². The van der Waals surface area contributed by atoms with Crippen LogP contribution in [0.25, 0.3) is 11.4 Å². The Morgan fingerprint density at radius 2 is 2.04 bits per heavy atom. The molecule has 0 aliphatic carbocycles. The van der Waals surface area contributed by atoms with Crippen LogP contribution in [-0.2, 0) is 16.6 Å². The summed E-state index contributed by atoms with van der Waals surface area (Å²) < 4.78 is 32.9. The molecule has 1 unspecified atom stereocenters. The van der Waals surface area contributed by atoms with E-state index in [1.807, 2.05) is 24.3 Å². The Balaban J connectivity index is 0.00000210.